The minimum atomic E-state index is -0.294. The molecule has 0 radical (unpaired) electrons. The molecule has 5 rings (SSSR count). The molecule has 0 spiro atoms. The Bertz CT molecular complexity index is 1490. The maximum absolute atomic E-state index is 13.5. The summed E-state index contributed by atoms with van der Waals surface area (Å²) < 4.78 is 10.7. The van der Waals surface area contributed by atoms with Gasteiger partial charge >= 0.3 is 6.03 Å². The van der Waals surface area contributed by atoms with Gasteiger partial charge in [-0.25, -0.2) is 14.6 Å². The van der Waals surface area contributed by atoms with Gasteiger partial charge in [-0.05, 0) is 23.8 Å². The van der Waals surface area contributed by atoms with Gasteiger partial charge in [-0.2, -0.15) is 0 Å². The summed E-state index contributed by atoms with van der Waals surface area (Å²) in [6.45, 7) is 10.5. The van der Waals surface area contributed by atoms with Crippen molar-refractivity contribution in [3.63, 3.8) is 0 Å². The summed E-state index contributed by atoms with van der Waals surface area (Å²) in [6.07, 6.45) is 0. The van der Waals surface area contributed by atoms with Crippen LogP contribution in [0.5, 0.6) is 5.75 Å². The van der Waals surface area contributed by atoms with Crippen molar-refractivity contribution in [2.45, 2.75) is 12.0 Å². The Labute approximate surface area is 228 Å². The van der Waals surface area contributed by atoms with E-state index in [1.165, 1.54) is 12.7 Å². The van der Waals surface area contributed by atoms with Gasteiger partial charge in [0.15, 0.2) is 0 Å². The number of urea groups is 1. The maximum atomic E-state index is 13.5. The summed E-state index contributed by atoms with van der Waals surface area (Å²) in [6, 6.07) is 25.0. The highest BCUT2D eigenvalue weighted by Gasteiger charge is 2.34. The average molecular weight is 522 g/mol. The van der Waals surface area contributed by atoms with E-state index in [2.05, 4.69) is 32.5 Å². The summed E-state index contributed by atoms with van der Waals surface area (Å²) in [5.74, 6) is 0.628. The standard InChI is InChI=1S/C31H31N5O3/c1-32-26-18-25-23(17-29(26)39-3)16-27(30(33-25)22-12-8-5-9-13-22)34-31(37)35-28-20-36(14-15-38-2)19-24(28)21-10-6-4-7-11-21/h4-13,16-18,24,28H,14-15,19-20H2,2-3H3,(H2,34,35,37)/t24-,28+/m0/s1. The first kappa shape index (κ1) is 26.2. The highest BCUT2D eigenvalue weighted by Crippen LogP contribution is 2.36. The number of carbonyl (C=O) groups excluding carboxylic acids is 1. The van der Waals surface area contributed by atoms with Crippen LogP contribution in [-0.2, 0) is 4.74 Å². The number of pyridine rings is 1. The molecular formula is C31H31N5O3. The van der Waals surface area contributed by atoms with E-state index in [1.54, 1.807) is 19.2 Å². The molecule has 0 saturated carbocycles. The fourth-order valence-electron chi connectivity index (χ4n) is 5.15. The predicted octanol–water partition coefficient (Wildman–Crippen LogP) is 5.70. The molecule has 39 heavy (non-hydrogen) atoms. The Balaban J connectivity index is 1.45. The zero-order chi connectivity index (χ0) is 27.2. The number of amides is 2. The number of carbonyl (C=O) groups is 1. The molecule has 8 heteroatoms. The van der Waals surface area contributed by atoms with Gasteiger partial charge in [-0.1, -0.05) is 60.7 Å². The molecule has 2 amide bonds. The van der Waals surface area contributed by atoms with E-state index < -0.39 is 0 Å². The summed E-state index contributed by atoms with van der Waals surface area (Å²) in [5, 5.41) is 7.06. The van der Waals surface area contributed by atoms with Crippen LogP contribution in [0.1, 0.15) is 11.5 Å². The number of rotatable bonds is 8. The molecule has 0 bridgehead atoms. The van der Waals surface area contributed by atoms with Crippen LogP contribution in [0.3, 0.4) is 0 Å². The summed E-state index contributed by atoms with van der Waals surface area (Å²) in [7, 11) is 3.24. The number of fused-ring (bicyclic) bond motifs is 1. The summed E-state index contributed by atoms with van der Waals surface area (Å²) in [4.78, 5) is 24.2. The number of hydrogen-bond acceptors (Lipinski definition) is 5. The lowest BCUT2D eigenvalue weighted by Gasteiger charge is -2.21. The van der Waals surface area contributed by atoms with E-state index in [4.69, 9.17) is 21.0 Å². The molecule has 1 fully saturated rings. The van der Waals surface area contributed by atoms with Crippen LogP contribution in [0.2, 0.25) is 0 Å². The van der Waals surface area contributed by atoms with Gasteiger partial charge < -0.3 is 20.1 Å². The van der Waals surface area contributed by atoms with Gasteiger partial charge in [0.05, 0.1) is 43.2 Å². The normalized spacial score (nSPS) is 17.1. The largest absolute Gasteiger partial charge is 0.508 e. The van der Waals surface area contributed by atoms with Crippen molar-refractivity contribution in [2.75, 3.05) is 45.8 Å². The van der Waals surface area contributed by atoms with Crippen LogP contribution in [0.4, 0.5) is 16.2 Å². The highest BCUT2D eigenvalue weighted by molar-refractivity contribution is 5.99. The molecule has 1 aliphatic rings. The van der Waals surface area contributed by atoms with Crippen LogP contribution in [0.15, 0.2) is 78.9 Å². The quantitative estimate of drug-likeness (QED) is 0.291. The number of methoxy groups -OCH3 is 2. The topological polar surface area (TPSA) is 80.1 Å². The third kappa shape index (κ3) is 5.85. The fraction of sp³-hybridized carbons (Fsp3) is 0.258. The molecule has 198 valence electrons. The molecular weight excluding hydrogens is 490 g/mol. The minimum Gasteiger partial charge on any atom is -0.508 e. The van der Waals surface area contributed by atoms with Gasteiger partial charge in [0.1, 0.15) is 5.75 Å². The smallest absolute Gasteiger partial charge is 0.319 e. The number of nitrogens with zero attached hydrogens (tertiary/aromatic N) is 3. The first-order valence-corrected chi connectivity index (χ1v) is 12.9. The number of anilines is 1. The van der Waals surface area contributed by atoms with E-state index in [0.29, 0.717) is 34.9 Å². The Morgan fingerprint density at radius 3 is 2.49 bits per heavy atom. The average Bonchev–Trinajstić information content (AvgIpc) is 3.38. The Kier molecular flexibility index (Phi) is 8.02. The molecule has 0 aliphatic carbocycles. The minimum absolute atomic E-state index is 0.0702. The first-order chi connectivity index (χ1) is 19.1. The van der Waals surface area contributed by atoms with Crippen LogP contribution in [0, 0.1) is 6.57 Å². The van der Waals surface area contributed by atoms with Crippen LogP contribution >= 0.6 is 0 Å². The lowest BCUT2D eigenvalue weighted by atomic mass is 9.94. The van der Waals surface area contributed by atoms with Gasteiger partial charge in [0.2, 0.25) is 5.69 Å². The Morgan fingerprint density at radius 2 is 1.79 bits per heavy atom. The van der Waals surface area contributed by atoms with Gasteiger partial charge in [0.25, 0.3) is 0 Å². The predicted molar refractivity (Wildman–Crippen MR) is 153 cm³/mol. The number of ether oxygens (including phenoxy) is 2. The molecule has 0 unspecified atom stereocenters. The number of likely N-dealkylation sites (tertiary alicyclic amines) is 1. The second-order valence-electron chi connectivity index (χ2n) is 9.55. The van der Waals surface area contributed by atoms with Crippen LogP contribution < -0.4 is 15.4 Å². The second-order valence-corrected chi connectivity index (χ2v) is 9.55. The van der Waals surface area contributed by atoms with E-state index in [-0.39, 0.29) is 18.0 Å². The van der Waals surface area contributed by atoms with Crippen molar-refractivity contribution in [1.29, 1.82) is 0 Å². The first-order valence-electron chi connectivity index (χ1n) is 12.9. The lowest BCUT2D eigenvalue weighted by molar-refractivity contribution is 0.159. The molecule has 1 aliphatic heterocycles. The Hall–Kier alpha value is -4.45. The molecule has 4 aromatic rings. The van der Waals surface area contributed by atoms with Crippen molar-refractivity contribution in [2.24, 2.45) is 0 Å². The lowest BCUT2D eigenvalue weighted by Crippen LogP contribution is -2.42. The van der Waals surface area contributed by atoms with Crippen molar-refractivity contribution in [3.05, 3.63) is 95.8 Å². The van der Waals surface area contributed by atoms with Gasteiger partial charge in [0, 0.05) is 43.6 Å². The molecule has 1 aromatic heterocycles. The molecule has 2 heterocycles. The number of hydrogen-bond donors (Lipinski definition) is 2. The maximum Gasteiger partial charge on any atom is 0.319 e. The number of nitrogens with one attached hydrogen (secondary N) is 2. The van der Waals surface area contributed by atoms with Crippen LogP contribution in [0.25, 0.3) is 27.0 Å². The molecule has 2 atom stereocenters. The summed E-state index contributed by atoms with van der Waals surface area (Å²) in [5.41, 5.74) is 4.31. The van der Waals surface area contributed by atoms with Gasteiger partial charge in [-0.3, -0.25) is 4.90 Å². The second kappa shape index (κ2) is 11.9. The number of aromatic nitrogens is 1. The summed E-state index contributed by atoms with van der Waals surface area (Å²) >= 11 is 0. The van der Waals surface area contributed by atoms with Gasteiger partial charge in [-0.15, -0.1) is 0 Å². The Morgan fingerprint density at radius 1 is 1.05 bits per heavy atom. The van der Waals surface area contributed by atoms with Crippen molar-refractivity contribution in [3.8, 4) is 17.0 Å². The third-order valence-corrected chi connectivity index (χ3v) is 7.08. The van der Waals surface area contributed by atoms with E-state index in [1.807, 2.05) is 54.6 Å². The zero-order valence-corrected chi connectivity index (χ0v) is 22.1. The monoisotopic (exact) mass is 521 g/mol. The van der Waals surface area contributed by atoms with E-state index in [0.717, 1.165) is 30.6 Å². The van der Waals surface area contributed by atoms with Crippen LogP contribution in [-0.4, -0.2) is 62.4 Å². The van der Waals surface area contributed by atoms with Crippen molar-refractivity contribution < 1.29 is 14.3 Å². The van der Waals surface area contributed by atoms with E-state index in [9.17, 15) is 4.79 Å². The number of benzene rings is 3. The molecule has 2 N–H and O–H groups in total. The molecule has 8 nitrogen and oxygen atoms in total. The third-order valence-electron chi connectivity index (χ3n) is 7.08. The molecule has 1 saturated heterocycles. The zero-order valence-electron chi connectivity index (χ0n) is 22.1. The fourth-order valence-corrected chi connectivity index (χ4v) is 5.15. The molecule has 3 aromatic carbocycles. The van der Waals surface area contributed by atoms with Crippen molar-refractivity contribution in [1.82, 2.24) is 15.2 Å². The SMILES string of the molecule is [C-]#[N+]c1cc2nc(-c3ccccc3)c(NC(=O)N[C@@H]3CN(CCOC)C[C@H]3c3ccccc3)cc2cc1OC. The van der Waals surface area contributed by atoms with Crippen molar-refractivity contribution >= 4 is 28.3 Å². The van der Waals surface area contributed by atoms with E-state index >= 15 is 0 Å². The highest BCUT2D eigenvalue weighted by atomic mass is 16.5.